The molecule has 0 N–H and O–H groups in total. The van der Waals surface area contributed by atoms with Gasteiger partial charge in [0.25, 0.3) is 0 Å². The van der Waals surface area contributed by atoms with E-state index in [0.29, 0.717) is 25.7 Å². The average molecular weight is 343 g/mol. The van der Waals surface area contributed by atoms with Crippen molar-refractivity contribution in [1.82, 2.24) is 0 Å². The highest BCUT2D eigenvalue weighted by atomic mass is 28.4. The molecule has 0 heterocycles. The van der Waals surface area contributed by atoms with Crippen molar-refractivity contribution in [3.05, 3.63) is 0 Å². The van der Waals surface area contributed by atoms with Crippen molar-refractivity contribution in [2.75, 3.05) is 14.2 Å². The van der Waals surface area contributed by atoms with Gasteiger partial charge in [-0.25, -0.2) is 0 Å². The summed E-state index contributed by atoms with van der Waals surface area (Å²) in [5.74, 6) is -0.464. The van der Waals surface area contributed by atoms with Crippen LogP contribution < -0.4 is 0 Å². The number of carbonyl (C=O) groups is 2. The van der Waals surface area contributed by atoms with E-state index in [2.05, 4.69) is 33.9 Å². The van der Waals surface area contributed by atoms with Gasteiger partial charge in [-0.15, -0.1) is 0 Å². The largest absolute Gasteiger partial charge is 0.469 e. The maximum Gasteiger partial charge on any atom is 0.314 e. The van der Waals surface area contributed by atoms with Crippen LogP contribution in [0.25, 0.3) is 0 Å². The number of methoxy groups -OCH3 is 2. The van der Waals surface area contributed by atoms with Crippen molar-refractivity contribution in [3.8, 4) is 0 Å². The van der Waals surface area contributed by atoms with Gasteiger partial charge in [0.05, 0.1) is 31.2 Å². The van der Waals surface area contributed by atoms with Crippen LogP contribution in [-0.4, -0.2) is 40.6 Å². The van der Waals surface area contributed by atoms with Crippen molar-refractivity contribution in [2.45, 2.75) is 70.7 Å². The fraction of sp³-hybridized carbons (Fsp3) is 0.882. The number of carbonyl (C=O) groups excluding carboxylic acids is 2. The molecule has 2 bridgehead atoms. The van der Waals surface area contributed by atoms with Crippen molar-refractivity contribution < 1.29 is 23.5 Å². The van der Waals surface area contributed by atoms with Gasteiger partial charge in [0.1, 0.15) is 0 Å². The Bertz CT molecular complexity index is 510. The fourth-order valence-corrected chi connectivity index (χ4v) is 5.29. The van der Waals surface area contributed by atoms with Crippen LogP contribution in [0.1, 0.15) is 46.5 Å². The Balaban J connectivity index is 2.35. The highest BCUT2D eigenvalue weighted by Gasteiger charge is 2.68. The number of hydrogen-bond donors (Lipinski definition) is 0. The van der Waals surface area contributed by atoms with Crippen LogP contribution in [0.2, 0.25) is 18.1 Å². The van der Waals surface area contributed by atoms with Crippen molar-refractivity contribution in [1.29, 1.82) is 0 Å². The molecule has 5 nitrogen and oxygen atoms in total. The third-order valence-electron chi connectivity index (χ3n) is 6.35. The molecule has 2 aliphatic rings. The lowest BCUT2D eigenvalue weighted by Crippen LogP contribution is -2.50. The third kappa shape index (κ3) is 2.74. The summed E-state index contributed by atoms with van der Waals surface area (Å²) in [5.41, 5.74) is -1.28. The molecular formula is C17H30O5Si. The third-order valence-corrected chi connectivity index (χ3v) is 10.8. The number of hydrogen-bond acceptors (Lipinski definition) is 5. The summed E-state index contributed by atoms with van der Waals surface area (Å²) < 4.78 is 16.7. The predicted octanol–water partition coefficient (Wildman–Crippen LogP) is 3.28. The SMILES string of the molecule is COC(=O)C12CC[C@@](C(=O)OC)(C[C@H]1O[Si](C)(C)C(C)(C)C)C2. The minimum Gasteiger partial charge on any atom is -0.469 e. The van der Waals surface area contributed by atoms with Gasteiger partial charge in [-0.3, -0.25) is 9.59 Å². The maximum absolute atomic E-state index is 12.6. The molecule has 0 radical (unpaired) electrons. The van der Waals surface area contributed by atoms with E-state index in [0.717, 1.165) is 0 Å². The van der Waals surface area contributed by atoms with Gasteiger partial charge in [0.15, 0.2) is 8.32 Å². The standard InChI is InChI=1S/C17H30O5Si/c1-15(2,3)23(6,7)22-12-10-16(13(18)20-4)8-9-17(12,11-16)14(19)21-5/h12H,8-11H2,1-7H3/t12-,16-,17?/m1/s1. The van der Waals surface area contributed by atoms with E-state index in [1.165, 1.54) is 14.2 Å². The lowest BCUT2D eigenvalue weighted by molar-refractivity contribution is -0.158. The topological polar surface area (TPSA) is 61.8 Å². The summed E-state index contributed by atoms with van der Waals surface area (Å²) in [7, 11) is 0.777. The van der Waals surface area contributed by atoms with Gasteiger partial charge in [0, 0.05) is 0 Å². The van der Waals surface area contributed by atoms with E-state index in [1.54, 1.807) is 0 Å². The Hall–Kier alpha value is -0.883. The van der Waals surface area contributed by atoms with Crippen LogP contribution in [0.3, 0.4) is 0 Å². The van der Waals surface area contributed by atoms with Crippen LogP contribution in [0, 0.1) is 10.8 Å². The van der Waals surface area contributed by atoms with E-state index < -0.39 is 19.1 Å². The van der Waals surface area contributed by atoms with Gasteiger partial charge < -0.3 is 13.9 Å². The molecule has 0 aliphatic heterocycles. The molecule has 1 unspecified atom stereocenters. The summed E-state index contributed by atoms with van der Waals surface area (Å²) >= 11 is 0. The molecule has 132 valence electrons. The zero-order valence-corrected chi connectivity index (χ0v) is 16.4. The van der Waals surface area contributed by atoms with E-state index in [-0.39, 0.29) is 23.1 Å². The summed E-state index contributed by atoms with van der Waals surface area (Å²) in [6, 6.07) is 0. The van der Waals surface area contributed by atoms with E-state index >= 15 is 0 Å². The number of rotatable bonds is 4. The van der Waals surface area contributed by atoms with E-state index in [9.17, 15) is 9.59 Å². The van der Waals surface area contributed by atoms with E-state index in [1.807, 2.05) is 0 Å². The first-order valence-electron chi connectivity index (χ1n) is 8.29. The molecule has 0 aromatic rings. The Kier molecular flexibility index (Phi) is 4.48. The molecule has 2 saturated carbocycles. The molecule has 2 fully saturated rings. The molecule has 2 aliphatic carbocycles. The van der Waals surface area contributed by atoms with Gasteiger partial charge in [-0.1, -0.05) is 20.8 Å². The van der Waals surface area contributed by atoms with Crippen LogP contribution in [0.4, 0.5) is 0 Å². The number of fused-ring (bicyclic) bond motifs is 2. The van der Waals surface area contributed by atoms with Crippen LogP contribution in [-0.2, 0) is 23.5 Å². The van der Waals surface area contributed by atoms with Crippen molar-refractivity contribution in [3.63, 3.8) is 0 Å². The molecular weight excluding hydrogens is 312 g/mol. The molecule has 3 atom stereocenters. The summed E-state index contributed by atoms with van der Waals surface area (Å²) in [4.78, 5) is 24.9. The summed E-state index contributed by atoms with van der Waals surface area (Å²) in [6.07, 6.45) is 2.09. The second kappa shape index (κ2) is 5.58. The number of esters is 2. The quantitative estimate of drug-likeness (QED) is 0.579. The lowest BCUT2D eigenvalue weighted by Gasteiger charge is -2.43. The van der Waals surface area contributed by atoms with Gasteiger partial charge in [-0.05, 0) is 43.8 Å². The number of ether oxygens (including phenoxy) is 2. The fourth-order valence-electron chi connectivity index (χ4n) is 3.91. The Labute approximate surface area is 140 Å². The smallest absolute Gasteiger partial charge is 0.314 e. The normalized spacial score (nSPS) is 33.6. The first-order chi connectivity index (χ1) is 10.4. The molecule has 2 rings (SSSR count). The second-order valence-electron chi connectivity index (χ2n) is 8.67. The first kappa shape index (κ1) is 18.5. The summed E-state index contributed by atoms with van der Waals surface area (Å²) in [5, 5.41) is 0.0462. The molecule has 6 heteroatoms. The Morgan fingerprint density at radius 2 is 1.61 bits per heavy atom. The van der Waals surface area contributed by atoms with Crippen LogP contribution in [0.15, 0.2) is 0 Å². The molecule has 0 aromatic heterocycles. The minimum absolute atomic E-state index is 0.0462. The zero-order valence-electron chi connectivity index (χ0n) is 15.4. The van der Waals surface area contributed by atoms with Gasteiger partial charge in [-0.2, -0.15) is 0 Å². The molecule has 23 heavy (non-hydrogen) atoms. The minimum atomic E-state index is -2.05. The van der Waals surface area contributed by atoms with Crippen molar-refractivity contribution in [2.24, 2.45) is 10.8 Å². The molecule has 0 aromatic carbocycles. The van der Waals surface area contributed by atoms with Gasteiger partial charge >= 0.3 is 11.9 Å². The van der Waals surface area contributed by atoms with Crippen molar-refractivity contribution >= 4 is 20.3 Å². The Morgan fingerprint density at radius 3 is 2.09 bits per heavy atom. The second-order valence-corrected chi connectivity index (χ2v) is 13.4. The average Bonchev–Trinajstić information content (AvgIpc) is 2.99. The monoisotopic (exact) mass is 342 g/mol. The highest BCUT2D eigenvalue weighted by molar-refractivity contribution is 6.74. The maximum atomic E-state index is 12.6. The van der Waals surface area contributed by atoms with Crippen LogP contribution >= 0.6 is 0 Å². The lowest BCUT2D eigenvalue weighted by atomic mass is 9.80. The predicted molar refractivity (Wildman–Crippen MR) is 89.4 cm³/mol. The zero-order chi connectivity index (χ0) is 17.7. The molecule has 0 spiro atoms. The Morgan fingerprint density at radius 1 is 1.04 bits per heavy atom. The van der Waals surface area contributed by atoms with E-state index in [4.69, 9.17) is 13.9 Å². The van der Waals surface area contributed by atoms with Crippen LogP contribution in [0.5, 0.6) is 0 Å². The van der Waals surface area contributed by atoms with Gasteiger partial charge in [0.2, 0.25) is 0 Å². The molecule has 0 amide bonds. The highest BCUT2D eigenvalue weighted by Crippen LogP contribution is 2.64. The first-order valence-corrected chi connectivity index (χ1v) is 11.2. The summed E-state index contributed by atoms with van der Waals surface area (Å²) in [6.45, 7) is 10.9. The molecule has 0 saturated heterocycles.